The molecule has 0 aliphatic heterocycles. The number of carbonyl (C=O) groups excluding carboxylic acids is 1. The van der Waals surface area contributed by atoms with E-state index < -0.39 is 0 Å². The Morgan fingerprint density at radius 3 is 3.00 bits per heavy atom. The number of ether oxygens (including phenoxy) is 1. The van der Waals surface area contributed by atoms with Crippen LogP contribution in [0.4, 0.5) is 0 Å². The first-order chi connectivity index (χ1) is 11.7. The summed E-state index contributed by atoms with van der Waals surface area (Å²) in [5.74, 6) is 2.65. The molecule has 2 aromatic rings. The second-order valence-corrected chi connectivity index (χ2v) is 7.22. The average Bonchev–Trinajstić information content (AvgIpc) is 3.23. The first kappa shape index (κ1) is 15.4. The Balaban J connectivity index is 1.34. The normalized spacial score (nSPS) is 26.5. The van der Waals surface area contributed by atoms with Gasteiger partial charge in [0.25, 0.3) is 5.91 Å². The van der Waals surface area contributed by atoms with Gasteiger partial charge in [-0.3, -0.25) is 4.79 Å². The van der Waals surface area contributed by atoms with Crippen molar-refractivity contribution in [2.24, 2.45) is 17.8 Å². The fourth-order valence-electron chi connectivity index (χ4n) is 4.55. The third-order valence-corrected chi connectivity index (χ3v) is 5.70. The highest BCUT2D eigenvalue weighted by atomic mass is 16.5. The standard InChI is InChI=1S/C19H23N3O2/c1-12(17-9-13-6-7-14(17)8-13)21-18(23)11-24-19-16-5-3-2-4-15(16)10-20-22-19/h2-5,10,12-14,17H,6-9,11H2,1H3,(H,21,23)/t12-,13-,14-,17+/m0/s1. The van der Waals surface area contributed by atoms with Gasteiger partial charge >= 0.3 is 0 Å². The van der Waals surface area contributed by atoms with Gasteiger partial charge in [-0.1, -0.05) is 24.6 Å². The van der Waals surface area contributed by atoms with Crippen LogP contribution >= 0.6 is 0 Å². The van der Waals surface area contributed by atoms with E-state index in [1.807, 2.05) is 24.3 Å². The summed E-state index contributed by atoms with van der Waals surface area (Å²) in [6.45, 7) is 2.11. The molecule has 5 heteroatoms. The van der Waals surface area contributed by atoms with E-state index >= 15 is 0 Å². The summed E-state index contributed by atoms with van der Waals surface area (Å²) in [6.07, 6.45) is 7.02. The number of carbonyl (C=O) groups is 1. The molecule has 5 nitrogen and oxygen atoms in total. The number of amides is 1. The van der Waals surface area contributed by atoms with Crippen molar-refractivity contribution in [3.05, 3.63) is 30.5 Å². The van der Waals surface area contributed by atoms with Gasteiger partial charge in [0.15, 0.2) is 6.61 Å². The lowest BCUT2D eigenvalue weighted by atomic mass is 9.84. The van der Waals surface area contributed by atoms with Gasteiger partial charge in [-0.05, 0) is 50.0 Å². The SMILES string of the molecule is C[C@H](NC(=O)COc1nncc2ccccc12)[C@H]1C[C@H]2CC[C@H]1C2. The van der Waals surface area contributed by atoms with E-state index in [9.17, 15) is 4.79 Å². The van der Waals surface area contributed by atoms with Crippen molar-refractivity contribution in [1.29, 1.82) is 0 Å². The van der Waals surface area contributed by atoms with Crippen LogP contribution in [0.15, 0.2) is 30.5 Å². The Hall–Kier alpha value is -2.17. The van der Waals surface area contributed by atoms with Gasteiger partial charge in [0.2, 0.25) is 5.88 Å². The van der Waals surface area contributed by atoms with Crippen molar-refractivity contribution in [3.63, 3.8) is 0 Å². The first-order valence-corrected chi connectivity index (χ1v) is 8.83. The molecule has 4 rings (SSSR count). The van der Waals surface area contributed by atoms with Crippen LogP contribution in [0.2, 0.25) is 0 Å². The summed E-state index contributed by atoms with van der Waals surface area (Å²) in [4.78, 5) is 12.2. The largest absolute Gasteiger partial charge is 0.466 e. The molecule has 2 bridgehead atoms. The maximum Gasteiger partial charge on any atom is 0.258 e. The molecule has 0 saturated heterocycles. The van der Waals surface area contributed by atoms with Crippen molar-refractivity contribution in [2.45, 2.75) is 38.6 Å². The molecule has 1 aromatic heterocycles. The minimum Gasteiger partial charge on any atom is -0.466 e. The molecule has 1 heterocycles. The van der Waals surface area contributed by atoms with Gasteiger partial charge in [-0.25, -0.2) is 0 Å². The Morgan fingerprint density at radius 2 is 2.21 bits per heavy atom. The number of nitrogens with zero attached hydrogens (tertiary/aromatic N) is 2. The predicted octanol–water partition coefficient (Wildman–Crippen LogP) is 2.95. The molecule has 2 aliphatic rings. The molecule has 2 fully saturated rings. The quantitative estimate of drug-likeness (QED) is 0.918. The molecule has 2 aliphatic carbocycles. The zero-order valence-electron chi connectivity index (χ0n) is 13.9. The highest BCUT2D eigenvalue weighted by Crippen LogP contribution is 2.49. The van der Waals surface area contributed by atoms with Crippen LogP contribution in [0.3, 0.4) is 0 Å². The summed E-state index contributed by atoms with van der Waals surface area (Å²) in [6, 6.07) is 7.96. The molecule has 1 amide bonds. The third-order valence-electron chi connectivity index (χ3n) is 5.70. The topological polar surface area (TPSA) is 64.1 Å². The van der Waals surface area contributed by atoms with E-state index in [-0.39, 0.29) is 18.6 Å². The molecule has 0 spiro atoms. The molecule has 24 heavy (non-hydrogen) atoms. The van der Waals surface area contributed by atoms with Crippen LogP contribution in [-0.4, -0.2) is 28.8 Å². The van der Waals surface area contributed by atoms with Crippen molar-refractivity contribution in [1.82, 2.24) is 15.5 Å². The highest BCUT2D eigenvalue weighted by molar-refractivity contribution is 5.86. The van der Waals surface area contributed by atoms with E-state index in [4.69, 9.17) is 4.74 Å². The molecule has 1 N–H and O–H groups in total. The Labute approximate surface area is 141 Å². The number of hydrogen-bond donors (Lipinski definition) is 1. The van der Waals surface area contributed by atoms with Gasteiger partial charge in [-0.2, -0.15) is 5.10 Å². The number of benzene rings is 1. The smallest absolute Gasteiger partial charge is 0.258 e. The first-order valence-electron chi connectivity index (χ1n) is 8.83. The van der Waals surface area contributed by atoms with Crippen molar-refractivity contribution in [2.75, 3.05) is 6.61 Å². The van der Waals surface area contributed by atoms with Gasteiger partial charge in [0.1, 0.15) is 0 Å². The lowest BCUT2D eigenvalue weighted by Crippen LogP contribution is -2.42. The molecule has 126 valence electrons. The van der Waals surface area contributed by atoms with E-state index in [1.165, 1.54) is 25.7 Å². The summed E-state index contributed by atoms with van der Waals surface area (Å²) >= 11 is 0. The van der Waals surface area contributed by atoms with E-state index in [0.717, 1.165) is 22.6 Å². The minimum atomic E-state index is -0.0833. The summed E-state index contributed by atoms with van der Waals surface area (Å²) in [5, 5.41) is 12.9. The van der Waals surface area contributed by atoms with Crippen LogP contribution in [0, 0.1) is 17.8 Å². The van der Waals surface area contributed by atoms with Crippen LogP contribution < -0.4 is 10.1 Å². The van der Waals surface area contributed by atoms with Crippen molar-refractivity contribution >= 4 is 16.7 Å². The maximum absolute atomic E-state index is 12.2. The average molecular weight is 325 g/mol. The van der Waals surface area contributed by atoms with Crippen molar-refractivity contribution < 1.29 is 9.53 Å². The Kier molecular flexibility index (Phi) is 4.08. The monoisotopic (exact) mass is 325 g/mol. The van der Waals surface area contributed by atoms with Gasteiger partial charge in [0.05, 0.1) is 6.20 Å². The lowest BCUT2D eigenvalue weighted by molar-refractivity contribution is -0.124. The van der Waals surface area contributed by atoms with Crippen LogP contribution in [0.25, 0.3) is 10.8 Å². The number of rotatable bonds is 5. The number of fused-ring (bicyclic) bond motifs is 3. The maximum atomic E-state index is 12.2. The van der Waals surface area contributed by atoms with E-state index in [0.29, 0.717) is 11.8 Å². The molecular formula is C19H23N3O2. The zero-order valence-corrected chi connectivity index (χ0v) is 13.9. The predicted molar refractivity (Wildman–Crippen MR) is 91.6 cm³/mol. The number of aromatic nitrogens is 2. The number of hydrogen-bond acceptors (Lipinski definition) is 4. The summed E-state index contributed by atoms with van der Waals surface area (Å²) < 4.78 is 5.62. The van der Waals surface area contributed by atoms with Gasteiger partial charge in [0, 0.05) is 16.8 Å². The van der Waals surface area contributed by atoms with Gasteiger partial charge < -0.3 is 10.1 Å². The van der Waals surface area contributed by atoms with Crippen molar-refractivity contribution in [3.8, 4) is 5.88 Å². The highest BCUT2D eigenvalue weighted by Gasteiger charge is 2.42. The third kappa shape index (κ3) is 2.95. The second kappa shape index (κ2) is 6.38. The van der Waals surface area contributed by atoms with Crippen LogP contribution in [0.1, 0.15) is 32.6 Å². The summed E-state index contributed by atoms with van der Waals surface area (Å²) in [7, 11) is 0. The number of nitrogens with one attached hydrogen (secondary N) is 1. The van der Waals surface area contributed by atoms with Crippen LogP contribution in [-0.2, 0) is 4.79 Å². The Bertz CT molecular complexity index is 743. The zero-order chi connectivity index (χ0) is 16.5. The molecule has 4 atom stereocenters. The molecule has 2 saturated carbocycles. The molecule has 0 radical (unpaired) electrons. The lowest BCUT2D eigenvalue weighted by Gasteiger charge is -2.28. The van der Waals surface area contributed by atoms with E-state index in [2.05, 4.69) is 22.4 Å². The second-order valence-electron chi connectivity index (χ2n) is 7.22. The van der Waals surface area contributed by atoms with Crippen LogP contribution in [0.5, 0.6) is 5.88 Å². The van der Waals surface area contributed by atoms with E-state index in [1.54, 1.807) is 6.20 Å². The minimum absolute atomic E-state index is 0.0200. The Morgan fingerprint density at radius 1 is 1.33 bits per heavy atom. The summed E-state index contributed by atoms with van der Waals surface area (Å²) in [5.41, 5.74) is 0. The van der Waals surface area contributed by atoms with Gasteiger partial charge in [-0.15, -0.1) is 5.10 Å². The fraction of sp³-hybridized carbons (Fsp3) is 0.526. The molecular weight excluding hydrogens is 302 g/mol. The fourth-order valence-corrected chi connectivity index (χ4v) is 4.55. The molecule has 1 aromatic carbocycles. The molecule has 0 unspecified atom stereocenters.